The maximum atomic E-state index is 15.0. The second-order valence-corrected chi connectivity index (χ2v) is 10.8. The minimum absolute atomic E-state index is 0.0195. The van der Waals surface area contributed by atoms with Gasteiger partial charge in [-0.3, -0.25) is 9.59 Å². The molecule has 1 saturated heterocycles. The number of hydrogen-bond acceptors (Lipinski definition) is 5. The number of halogens is 2. The van der Waals surface area contributed by atoms with Crippen LogP contribution in [0.2, 0.25) is 0 Å². The van der Waals surface area contributed by atoms with Gasteiger partial charge in [0.05, 0.1) is 28.0 Å². The van der Waals surface area contributed by atoms with Crippen LogP contribution in [0.25, 0.3) is 0 Å². The van der Waals surface area contributed by atoms with Gasteiger partial charge >= 0.3 is 0 Å². The normalized spacial score (nSPS) is 19.2. The zero-order chi connectivity index (χ0) is 25.8. The Morgan fingerprint density at radius 3 is 2.50 bits per heavy atom. The molecule has 0 aromatic heterocycles. The summed E-state index contributed by atoms with van der Waals surface area (Å²) in [5.74, 6) is -2.47. The molecule has 2 aliphatic heterocycles. The van der Waals surface area contributed by atoms with Crippen molar-refractivity contribution in [3.63, 3.8) is 0 Å². The fraction of sp³-hybridized carbons (Fsp3) is 0.440. The summed E-state index contributed by atoms with van der Waals surface area (Å²) in [7, 11) is -1.40. The molecule has 2 N–H and O–H groups in total. The molecular formula is C25H28F2N4O4S. The predicted octanol–water partition coefficient (Wildman–Crippen LogP) is 3.14. The highest BCUT2D eigenvalue weighted by molar-refractivity contribution is 7.74. The summed E-state index contributed by atoms with van der Waals surface area (Å²) in [5.41, 5.74) is -0.470. The lowest BCUT2D eigenvalue weighted by molar-refractivity contribution is -0.123. The van der Waals surface area contributed by atoms with Crippen LogP contribution in [0.3, 0.4) is 0 Å². The Kier molecular flexibility index (Phi) is 6.24. The van der Waals surface area contributed by atoms with Crippen molar-refractivity contribution in [3.05, 3.63) is 52.6 Å². The SMILES string of the molecule is Cc1c(F)ccc(N(c2cc(C(=O)NC3CCN(C)CC3)c3c(c2)C2(CCC2)C(=O)N3)[SH](=O)=O)c1F. The monoisotopic (exact) mass is 518 g/mol. The van der Waals surface area contributed by atoms with Gasteiger partial charge in [-0.1, -0.05) is 6.42 Å². The van der Waals surface area contributed by atoms with E-state index in [9.17, 15) is 22.4 Å². The van der Waals surface area contributed by atoms with Crippen molar-refractivity contribution in [1.82, 2.24) is 10.2 Å². The number of rotatable bonds is 5. The Labute approximate surface area is 209 Å². The number of carbonyl (C=O) groups excluding carboxylic acids is 2. The van der Waals surface area contributed by atoms with Gasteiger partial charge in [0.25, 0.3) is 5.91 Å². The van der Waals surface area contributed by atoms with E-state index in [1.807, 2.05) is 7.05 Å². The van der Waals surface area contributed by atoms with Crippen LogP contribution in [0.5, 0.6) is 0 Å². The number of fused-ring (bicyclic) bond motifs is 2. The molecule has 2 aromatic carbocycles. The zero-order valence-electron chi connectivity index (χ0n) is 20.1. The molecule has 2 heterocycles. The van der Waals surface area contributed by atoms with Crippen LogP contribution in [0.4, 0.5) is 25.8 Å². The first-order chi connectivity index (χ1) is 17.1. The summed E-state index contributed by atoms with van der Waals surface area (Å²) in [6, 6.07) is 4.87. The predicted molar refractivity (Wildman–Crippen MR) is 132 cm³/mol. The average molecular weight is 519 g/mol. The van der Waals surface area contributed by atoms with Gasteiger partial charge in [0.2, 0.25) is 16.8 Å². The van der Waals surface area contributed by atoms with Crippen molar-refractivity contribution in [2.45, 2.75) is 50.5 Å². The smallest absolute Gasteiger partial charge is 0.253 e. The molecule has 1 aliphatic carbocycles. The van der Waals surface area contributed by atoms with Gasteiger partial charge in [-0.05, 0) is 82.6 Å². The van der Waals surface area contributed by atoms with E-state index in [2.05, 4.69) is 15.5 Å². The number of hydrogen-bond donors (Lipinski definition) is 3. The number of carbonyl (C=O) groups is 2. The molecule has 5 rings (SSSR count). The number of anilines is 3. The third kappa shape index (κ3) is 3.94. The Hall–Kier alpha value is -3.05. The standard InChI is InChI=1S/C25H28F2N4O4S/c1-14-19(26)4-5-20(21(14)27)31(36(34)35)16-12-17(23(32)28-15-6-10-30(2)11-7-15)22-18(13-16)25(8-3-9-25)24(33)29-22/h4-5,12-13,15,36H,3,6-11H2,1-2H3,(H,28,32)(H,29,33). The van der Waals surface area contributed by atoms with Crippen LogP contribution < -0.4 is 14.9 Å². The van der Waals surface area contributed by atoms with Crippen LogP contribution in [-0.2, 0) is 21.1 Å². The third-order valence-corrected chi connectivity index (χ3v) is 8.53. The van der Waals surface area contributed by atoms with E-state index >= 15 is 4.39 Å². The number of nitrogens with zero attached hydrogens (tertiary/aromatic N) is 2. The van der Waals surface area contributed by atoms with Crippen molar-refractivity contribution in [1.29, 1.82) is 0 Å². The number of thiol groups is 1. The fourth-order valence-corrected chi connectivity index (χ4v) is 6.01. The van der Waals surface area contributed by atoms with Gasteiger partial charge in [0, 0.05) is 11.6 Å². The first-order valence-electron chi connectivity index (χ1n) is 12.0. The summed E-state index contributed by atoms with van der Waals surface area (Å²) in [4.78, 5) is 28.6. The Morgan fingerprint density at radius 1 is 1.19 bits per heavy atom. The van der Waals surface area contributed by atoms with Crippen LogP contribution in [0, 0.1) is 18.6 Å². The first-order valence-corrected chi connectivity index (χ1v) is 13.1. The molecule has 36 heavy (non-hydrogen) atoms. The van der Waals surface area contributed by atoms with E-state index in [1.54, 1.807) is 0 Å². The van der Waals surface area contributed by atoms with E-state index in [-0.39, 0.29) is 34.5 Å². The molecule has 11 heteroatoms. The van der Waals surface area contributed by atoms with Crippen molar-refractivity contribution in [3.8, 4) is 0 Å². The Bertz CT molecular complexity index is 1330. The lowest BCUT2D eigenvalue weighted by atomic mass is 9.65. The number of nitrogens with one attached hydrogen (secondary N) is 2. The van der Waals surface area contributed by atoms with E-state index in [0.29, 0.717) is 24.1 Å². The van der Waals surface area contributed by atoms with E-state index in [0.717, 1.165) is 48.8 Å². The molecule has 1 saturated carbocycles. The molecule has 1 spiro atoms. The topological polar surface area (TPSA) is 98.8 Å². The lowest BCUT2D eigenvalue weighted by Gasteiger charge is -2.36. The molecule has 3 aliphatic rings. The van der Waals surface area contributed by atoms with Crippen molar-refractivity contribution >= 4 is 39.8 Å². The molecule has 8 nitrogen and oxygen atoms in total. The molecule has 0 radical (unpaired) electrons. The average Bonchev–Trinajstić information content (AvgIpc) is 3.12. The summed E-state index contributed by atoms with van der Waals surface area (Å²) in [5, 5.41) is 5.86. The first kappa shape index (κ1) is 24.6. The highest BCUT2D eigenvalue weighted by Gasteiger charge is 2.52. The number of likely N-dealkylation sites (tertiary alicyclic amines) is 1. The molecule has 192 valence electrons. The lowest BCUT2D eigenvalue weighted by Crippen LogP contribution is -2.43. The van der Waals surface area contributed by atoms with Crippen molar-refractivity contribution in [2.24, 2.45) is 0 Å². The van der Waals surface area contributed by atoms with E-state index in [1.165, 1.54) is 19.1 Å². The number of amides is 2. The van der Waals surface area contributed by atoms with Crippen LogP contribution in [0.1, 0.15) is 53.6 Å². The fourth-order valence-electron chi connectivity index (χ4n) is 5.37. The highest BCUT2D eigenvalue weighted by Crippen LogP contribution is 2.53. The van der Waals surface area contributed by atoms with Gasteiger partial charge in [0.15, 0.2) is 5.82 Å². The third-order valence-electron chi connectivity index (χ3n) is 7.75. The highest BCUT2D eigenvalue weighted by atomic mass is 32.2. The molecule has 2 aromatic rings. The molecule has 0 unspecified atom stereocenters. The van der Waals surface area contributed by atoms with Crippen molar-refractivity contribution < 1.29 is 26.8 Å². The summed E-state index contributed by atoms with van der Waals surface area (Å²) >= 11 is 0. The molecule has 0 atom stereocenters. The van der Waals surface area contributed by atoms with Crippen LogP contribution in [-0.4, -0.2) is 51.3 Å². The van der Waals surface area contributed by atoms with Gasteiger partial charge in [-0.15, -0.1) is 0 Å². The van der Waals surface area contributed by atoms with Gasteiger partial charge in [-0.2, -0.15) is 0 Å². The van der Waals surface area contributed by atoms with Gasteiger partial charge < -0.3 is 15.5 Å². The van der Waals surface area contributed by atoms with E-state index in [4.69, 9.17) is 0 Å². The maximum absolute atomic E-state index is 15.0. The van der Waals surface area contributed by atoms with Gasteiger partial charge in [-0.25, -0.2) is 21.5 Å². The second-order valence-electron chi connectivity index (χ2n) is 9.91. The summed E-state index contributed by atoms with van der Waals surface area (Å²) in [6.07, 6.45) is 3.48. The van der Waals surface area contributed by atoms with Gasteiger partial charge in [0.1, 0.15) is 5.82 Å². The second kappa shape index (κ2) is 9.11. The van der Waals surface area contributed by atoms with Crippen LogP contribution >= 0.6 is 0 Å². The largest absolute Gasteiger partial charge is 0.349 e. The molecular weight excluding hydrogens is 490 g/mol. The number of benzene rings is 2. The quantitative estimate of drug-likeness (QED) is 0.529. The molecule has 2 fully saturated rings. The molecule has 2 amide bonds. The number of piperidine rings is 1. The summed E-state index contributed by atoms with van der Waals surface area (Å²) in [6.45, 7) is 2.88. The van der Waals surface area contributed by atoms with Crippen LogP contribution in [0.15, 0.2) is 24.3 Å². The van der Waals surface area contributed by atoms with Crippen molar-refractivity contribution in [2.75, 3.05) is 29.8 Å². The minimum atomic E-state index is -3.41. The summed E-state index contributed by atoms with van der Waals surface area (Å²) < 4.78 is 54.5. The minimum Gasteiger partial charge on any atom is -0.349 e. The molecule has 0 bridgehead atoms. The Morgan fingerprint density at radius 2 is 1.89 bits per heavy atom. The zero-order valence-corrected chi connectivity index (χ0v) is 21.0. The van der Waals surface area contributed by atoms with E-state index < -0.39 is 33.8 Å². The maximum Gasteiger partial charge on any atom is 0.253 e. The Balaban J connectivity index is 1.62.